The number of benzene rings is 3. The molecule has 3 aromatic carbocycles. The Bertz CT molecular complexity index is 1380. The Kier molecular flexibility index (Phi) is 5.58. The molecule has 0 saturated heterocycles. The number of hydrogen-bond acceptors (Lipinski definition) is 5. The van der Waals surface area contributed by atoms with Gasteiger partial charge in [0.2, 0.25) is 0 Å². The van der Waals surface area contributed by atoms with E-state index in [2.05, 4.69) is 0 Å². The Labute approximate surface area is 179 Å². The lowest BCUT2D eigenvalue weighted by Gasteiger charge is -2.08. The van der Waals surface area contributed by atoms with Crippen LogP contribution >= 0.6 is 0 Å². The maximum Gasteiger partial charge on any atom is 0.336 e. The summed E-state index contributed by atoms with van der Waals surface area (Å²) in [7, 11) is 1.64. The van der Waals surface area contributed by atoms with Gasteiger partial charge in [-0.05, 0) is 77.7 Å². The normalized spacial score (nSPS) is 11.3. The molecule has 0 N–H and O–H groups in total. The molecule has 0 atom stereocenters. The molecule has 31 heavy (non-hydrogen) atoms. The maximum absolute atomic E-state index is 12.3. The minimum absolute atomic E-state index is 0.00864. The fourth-order valence-corrected chi connectivity index (χ4v) is 3.44. The van der Waals surface area contributed by atoms with Crippen LogP contribution in [0.3, 0.4) is 0 Å². The molecule has 0 radical (unpaired) electrons. The van der Waals surface area contributed by atoms with Crippen LogP contribution in [0.2, 0.25) is 0 Å². The lowest BCUT2D eigenvalue weighted by atomic mass is 10.0. The van der Waals surface area contributed by atoms with Crippen LogP contribution in [0.4, 0.5) is 0 Å². The highest BCUT2D eigenvalue weighted by molar-refractivity contribution is 5.90. The SMILES string of the molecule is COc1ccc2cc(/C=C/C(=O)OCc3cc(=O)oc4cc(C)c(C)cc34)ccc2c1. The number of aryl methyl sites for hydroxylation is 2. The van der Waals surface area contributed by atoms with Gasteiger partial charge in [-0.15, -0.1) is 0 Å². The monoisotopic (exact) mass is 414 g/mol. The van der Waals surface area contributed by atoms with Crippen LogP contribution in [-0.2, 0) is 16.1 Å². The van der Waals surface area contributed by atoms with Crippen molar-refractivity contribution in [1.29, 1.82) is 0 Å². The summed E-state index contributed by atoms with van der Waals surface area (Å²) in [6.45, 7) is 3.93. The number of carbonyl (C=O) groups is 1. The number of carbonyl (C=O) groups excluding carboxylic acids is 1. The molecule has 0 aliphatic heterocycles. The zero-order valence-electron chi connectivity index (χ0n) is 17.6. The molecule has 0 aliphatic rings. The minimum atomic E-state index is -0.486. The number of hydrogen-bond donors (Lipinski definition) is 0. The van der Waals surface area contributed by atoms with E-state index in [1.54, 1.807) is 13.2 Å². The molecular formula is C26H22O5. The highest BCUT2D eigenvalue weighted by atomic mass is 16.5. The Morgan fingerprint density at radius 2 is 1.71 bits per heavy atom. The van der Waals surface area contributed by atoms with Crippen molar-refractivity contribution in [2.45, 2.75) is 20.5 Å². The van der Waals surface area contributed by atoms with E-state index in [0.29, 0.717) is 11.1 Å². The van der Waals surface area contributed by atoms with Gasteiger partial charge in [-0.1, -0.05) is 18.2 Å². The standard InChI is InChI=1S/C26H22O5/c1-16-10-23-21(14-26(28)31-24(23)11-17(16)2)15-30-25(27)9-5-18-4-6-20-13-22(29-3)8-7-19(20)12-18/h4-14H,15H2,1-3H3/b9-5+. The van der Waals surface area contributed by atoms with Crippen molar-refractivity contribution in [2.75, 3.05) is 7.11 Å². The van der Waals surface area contributed by atoms with Crippen LogP contribution in [-0.4, -0.2) is 13.1 Å². The fourth-order valence-electron chi connectivity index (χ4n) is 3.44. The average molecular weight is 414 g/mol. The topological polar surface area (TPSA) is 65.7 Å². The fraction of sp³-hybridized carbons (Fsp3) is 0.154. The summed E-state index contributed by atoms with van der Waals surface area (Å²) in [5, 5.41) is 2.87. The first kappa shape index (κ1) is 20.4. The number of methoxy groups -OCH3 is 1. The van der Waals surface area contributed by atoms with Crippen LogP contribution in [0, 0.1) is 13.8 Å². The highest BCUT2D eigenvalue weighted by Gasteiger charge is 2.09. The van der Waals surface area contributed by atoms with Gasteiger partial charge in [-0.3, -0.25) is 0 Å². The molecular weight excluding hydrogens is 392 g/mol. The number of rotatable bonds is 5. The molecule has 1 heterocycles. The van der Waals surface area contributed by atoms with Crippen molar-refractivity contribution in [3.8, 4) is 5.75 Å². The third kappa shape index (κ3) is 4.51. The predicted molar refractivity (Wildman–Crippen MR) is 121 cm³/mol. The summed E-state index contributed by atoms with van der Waals surface area (Å²) >= 11 is 0. The van der Waals surface area contributed by atoms with Crippen molar-refractivity contribution in [3.63, 3.8) is 0 Å². The molecule has 156 valence electrons. The van der Waals surface area contributed by atoms with Gasteiger partial charge in [0.15, 0.2) is 0 Å². The molecule has 4 rings (SSSR count). The van der Waals surface area contributed by atoms with E-state index in [-0.39, 0.29) is 6.61 Å². The Hall–Kier alpha value is -3.86. The Morgan fingerprint density at radius 1 is 0.968 bits per heavy atom. The second-order valence-corrected chi connectivity index (χ2v) is 7.44. The summed E-state index contributed by atoms with van der Waals surface area (Å²) in [4.78, 5) is 24.1. The lowest BCUT2D eigenvalue weighted by Crippen LogP contribution is -2.06. The molecule has 0 fully saturated rings. The zero-order chi connectivity index (χ0) is 22.0. The summed E-state index contributed by atoms with van der Waals surface area (Å²) in [6.07, 6.45) is 3.09. The van der Waals surface area contributed by atoms with Crippen molar-refractivity contribution < 1.29 is 18.7 Å². The van der Waals surface area contributed by atoms with Gasteiger partial charge in [0.25, 0.3) is 0 Å². The van der Waals surface area contributed by atoms with Crippen LogP contribution in [0.1, 0.15) is 22.3 Å². The number of esters is 1. The third-order valence-electron chi connectivity index (χ3n) is 5.30. The van der Waals surface area contributed by atoms with Crippen molar-refractivity contribution in [2.24, 2.45) is 0 Å². The zero-order valence-corrected chi connectivity index (χ0v) is 17.6. The van der Waals surface area contributed by atoms with Gasteiger partial charge in [-0.2, -0.15) is 0 Å². The lowest BCUT2D eigenvalue weighted by molar-refractivity contribution is -0.138. The first-order valence-electron chi connectivity index (χ1n) is 9.89. The second kappa shape index (κ2) is 8.48. The van der Waals surface area contributed by atoms with E-state index in [1.165, 1.54) is 12.1 Å². The van der Waals surface area contributed by atoms with E-state index in [1.807, 2.05) is 62.4 Å². The molecule has 5 nitrogen and oxygen atoms in total. The minimum Gasteiger partial charge on any atom is -0.497 e. The van der Waals surface area contributed by atoms with Crippen molar-refractivity contribution >= 4 is 33.8 Å². The van der Waals surface area contributed by atoms with Gasteiger partial charge in [0, 0.05) is 23.1 Å². The van der Waals surface area contributed by atoms with E-state index in [4.69, 9.17) is 13.9 Å². The second-order valence-electron chi connectivity index (χ2n) is 7.44. The number of fused-ring (bicyclic) bond motifs is 2. The molecule has 0 spiro atoms. The maximum atomic E-state index is 12.3. The van der Waals surface area contributed by atoms with Crippen LogP contribution < -0.4 is 10.4 Å². The molecule has 0 bridgehead atoms. The highest BCUT2D eigenvalue weighted by Crippen LogP contribution is 2.23. The van der Waals surface area contributed by atoms with Crippen molar-refractivity contribution in [3.05, 3.63) is 93.3 Å². The molecule has 4 aromatic rings. The molecule has 0 saturated carbocycles. The average Bonchev–Trinajstić information content (AvgIpc) is 2.76. The van der Waals surface area contributed by atoms with E-state index >= 15 is 0 Å². The van der Waals surface area contributed by atoms with E-state index in [9.17, 15) is 9.59 Å². The van der Waals surface area contributed by atoms with Crippen LogP contribution in [0.25, 0.3) is 27.8 Å². The van der Waals surface area contributed by atoms with Crippen LogP contribution in [0.15, 0.2) is 69.9 Å². The molecule has 5 heteroatoms. The smallest absolute Gasteiger partial charge is 0.336 e. The molecule has 0 amide bonds. The van der Waals surface area contributed by atoms with E-state index < -0.39 is 11.6 Å². The Morgan fingerprint density at radius 3 is 2.52 bits per heavy atom. The third-order valence-corrected chi connectivity index (χ3v) is 5.30. The van der Waals surface area contributed by atoms with Crippen molar-refractivity contribution in [1.82, 2.24) is 0 Å². The predicted octanol–water partition coefficient (Wildman–Crippen LogP) is 5.33. The molecule has 1 aromatic heterocycles. The largest absolute Gasteiger partial charge is 0.497 e. The quantitative estimate of drug-likeness (QED) is 0.251. The summed E-state index contributed by atoms with van der Waals surface area (Å²) in [5.41, 5.74) is 3.63. The van der Waals surface area contributed by atoms with Gasteiger partial charge < -0.3 is 13.9 Å². The van der Waals surface area contributed by atoms with Gasteiger partial charge in [0.05, 0.1) is 7.11 Å². The van der Waals surface area contributed by atoms with E-state index in [0.717, 1.165) is 38.6 Å². The first-order chi connectivity index (χ1) is 14.9. The number of ether oxygens (including phenoxy) is 2. The van der Waals surface area contributed by atoms with Gasteiger partial charge in [-0.25, -0.2) is 9.59 Å². The summed E-state index contributed by atoms with van der Waals surface area (Å²) in [5.74, 6) is 0.312. The van der Waals surface area contributed by atoms with Gasteiger partial charge in [0.1, 0.15) is 17.9 Å². The summed E-state index contributed by atoms with van der Waals surface area (Å²) < 4.78 is 15.9. The Balaban J connectivity index is 1.49. The van der Waals surface area contributed by atoms with Gasteiger partial charge >= 0.3 is 11.6 Å². The first-order valence-corrected chi connectivity index (χ1v) is 9.89. The molecule has 0 aliphatic carbocycles. The summed E-state index contributed by atoms with van der Waals surface area (Å²) in [6, 6.07) is 16.8. The molecule has 0 unspecified atom stereocenters. The van der Waals surface area contributed by atoms with Crippen LogP contribution in [0.5, 0.6) is 5.75 Å².